The van der Waals surface area contributed by atoms with Crippen molar-refractivity contribution in [3.8, 4) is 0 Å². The summed E-state index contributed by atoms with van der Waals surface area (Å²) in [5.74, 6) is -0.507. The van der Waals surface area contributed by atoms with E-state index in [1.807, 2.05) is 13.8 Å². The number of rotatable bonds is 2. The van der Waals surface area contributed by atoms with Crippen LogP contribution < -0.4 is 0 Å². The Bertz CT molecular complexity index is 589. The molecular weight excluding hydrogens is 303 g/mol. The lowest BCUT2D eigenvalue weighted by molar-refractivity contribution is 0.103. The Balaban J connectivity index is 2.50. The lowest BCUT2D eigenvalue weighted by Crippen LogP contribution is -2.04. The van der Waals surface area contributed by atoms with E-state index in [9.17, 15) is 9.18 Å². The minimum atomic E-state index is -0.383. The zero-order valence-electron chi connectivity index (χ0n) is 9.38. The normalized spacial score (nSPS) is 10.6. The van der Waals surface area contributed by atoms with E-state index < -0.39 is 0 Å². The first-order chi connectivity index (χ1) is 7.99. The molecule has 0 N–H and O–H groups in total. The highest BCUT2D eigenvalue weighted by Crippen LogP contribution is 2.28. The van der Waals surface area contributed by atoms with Gasteiger partial charge >= 0.3 is 0 Å². The molecule has 4 heteroatoms. The molecule has 0 bridgehead atoms. The summed E-state index contributed by atoms with van der Waals surface area (Å²) in [4.78, 5) is 13.2. The van der Waals surface area contributed by atoms with E-state index in [1.165, 1.54) is 23.5 Å². The maximum absolute atomic E-state index is 13.2. The standard InChI is InChI=1S/C13H10BrFOS/c1-7-3-4-9(15)5-10(7)13(16)11-6-12(14)17-8(11)2/h3-6H,1-2H3. The maximum Gasteiger partial charge on any atom is 0.194 e. The SMILES string of the molecule is Cc1ccc(F)cc1C(=O)c1cc(Br)sc1C. The minimum absolute atomic E-state index is 0.124. The number of carbonyl (C=O) groups is 1. The summed E-state index contributed by atoms with van der Waals surface area (Å²) in [5.41, 5.74) is 1.85. The molecule has 0 fully saturated rings. The number of aryl methyl sites for hydroxylation is 2. The van der Waals surface area contributed by atoms with Gasteiger partial charge in [-0.3, -0.25) is 4.79 Å². The van der Waals surface area contributed by atoms with Crippen LogP contribution in [0.15, 0.2) is 28.1 Å². The molecule has 1 aromatic carbocycles. The topological polar surface area (TPSA) is 17.1 Å². The van der Waals surface area contributed by atoms with Gasteiger partial charge < -0.3 is 0 Å². The van der Waals surface area contributed by atoms with Gasteiger partial charge in [-0.25, -0.2) is 4.39 Å². The first-order valence-corrected chi connectivity index (χ1v) is 6.67. The van der Waals surface area contributed by atoms with Crippen molar-refractivity contribution in [1.29, 1.82) is 0 Å². The number of ketones is 1. The van der Waals surface area contributed by atoms with Crippen LogP contribution >= 0.6 is 27.3 Å². The van der Waals surface area contributed by atoms with Gasteiger partial charge in [0.1, 0.15) is 5.82 Å². The molecule has 2 aromatic rings. The molecule has 0 radical (unpaired) electrons. The van der Waals surface area contributed by atoms with Crippen LogP contribution in [0.3, 0.4) is 0 Å². The highest BCUT2D eigenvalue weighted by atomic mass is 79.9. The molecule has 0 saturated heterocycles. The van der Waals surface area contributed by atoms with Gasteiger partial charge in [-0.1, -0.05) is 6.07 Å². The Hall–Kier alpha value is -1.000. The van der Waals surface area contributed by atoms with Gasteiger partial charge in [0.05, 0.1) is 3.79 Å². The molecule has 1 heterocycles. The summed E-state index contributed by atoms with van der Waals surface area (Å²) in [6.07, 6.45) is 0. The van der Waals surface area contributed by atoms with Gasteiger partial charge in [-0.05, 0) is 53.5 Å². The second kappa shape index (κ2) is 4.70. The van der Waals surface area contributed by atoms with Gasteiger partial charge in [0.2, 0.25) is 0 Å². The molecular formula is C13H10BrFOS. The molecule has 0 aliphatic heterocycles. The van der Waals surface area contributed by atoms with Crippen LogP contribution in [0.5, 0.6) is 0 Å². The van der Waals surface area contributed by atoms with Crippen LogP contribution in [0.1, 0.15) is 26.4 Å². The average Bonchev–Trinajstić information content (AvgIpc) is 2.60. The van der Waals surface area contributed by atoms with E-state index in [0.29, 0.717) is 11.1 Å². The summed E-state index contributed by atoms with van der Waals surface area (Å²) in [7, 11) is 0. The maximum atomic E-state index is 13.2. The van der Waals surface area contributed by atoms with Crippen molar-refractivity contribution in [3.05, 3.63) is 55.4 Å². The summed E-state index contributed by atoms with van der Waals surface area (Å²) < 4.78 is 14.1. The summed E-state index contributed by atoms with van der Waals surface area (Å²) >= 11 is 4.85. The summed E-state index contributed by atoms with van der Waals surface area (Å²) in [6.45, 7) is 3.70. The third-order valence-electron chi connectivity index (χ3n) is 2.58. The monoisotopic (exact) mass is 312 g/mol. The zero-order chi connectivity index (χ0) is 12.6. The second-order valence-corrected chi connectivity index (χ2v) is 6.44. The van der Waals surface area contributed by atoms with Crippen molar-refractivity contribution < 1.29 is 9.18 Å². The molecule has 0 aliphatic rings. The number of hydrogen-bond acceptors (Lipinski definition) is 2. The predicted molar refractivity (Wildman–Crippen MR) is 71.3 cm³/mol. The van der Waals surface area contributed by atoms with E-state index in [2.05, 4.69) is 15.9 Å². The number of carbonyl (C=O) groups excluding carboxylic acids is 1. The Morgan fingerprint density at radius 2 is 1.94 bits per heavy atom. The Morgan fingerprint density at radius 1 is 1.24 bits per heavy atom. The third-order valence-corrected chi connectivity index (χ3v) is 4.13. The van der Waals surface area contributed by atoms with Crippen molar-refractivity contribution in [2.45, 2.75) is 13.8 Å². The fraction of sp³-hybridized carbons (Fsp3) is 0.154. The van der Waals surface area contributed by atoms with Gasteiger partial charge in [-0.2, -0.15) is 0 Å². The Kier molecular flexibility index (Phi) is 3.45. The van der Waals surface area contributed by atoms with Crippen molar-refractivity contribution in [2.75, 3.05) is 0 Å². The highest BCUT2D eigenvalue weighted by molar-refractivity contribution is 9.11. The Morgan fingerprint density at radius 3 is 2.53 bits per heavy atom. The summed E-state index contributed by atoms with van der Waals surface area (Å²) in [5, 5.41) is 0. The van der Waals surface area contributed by atoms with Gasteiger partial charge in [0.25, 0.3) is 0 Å². The van der Waals surface area contributed by atoms with E-state index >= 15 is 0 Å². The van der Waals surface area contributed by atoms with Crippen molar-refractivity contribution >= 4 is 33.0 Å². The molecule has 1 nitrogen and oxygen atoms in total. The number of halogens is 2. The first-order valence-electron chi connectivity index (χ1n) is 5.06. The van der Waals surface area contributed by atoms with Gasteiger partial charge in [0.15, 0.2) is 5.78 Å². The molecule has 0 atom stereocenters. The molecule has 0 saturated carbocycles. The van der Waals surface area contributed by atoms with Crippen LogP contribution in [0, 0.1) is 19.7 Å². The molecule has 0 spiro atoms. The molecule has 88 valence electrons. The van der Waals surface area contributed by atoms with E-state index in [1.54, 1.807) is 12.1 Å². The molecule has 0 amide bonds. The average molecular weight is 313 g/mol. The van der Waals surface area contributed by atoms with Crippen LogP contribution in [-0.4, -0.2) is 5.78 Å². The number of thiophene rings is 1. The highest BCUT2D eigenvalue weighted by Gasteiger charge is 2.16. The van der Waals surface area contributed by atoms with Crippen LogP contribution in [0.2, 0.25) is 0 Å². The lowest BCUT2D eigenvalue weighted by atomic mass is 10.00. The Labute approximate surface area is 111 Å². The molecule has 0 aliphatic carbocycles. The molecule has 1 aromatic heterocycles. The van der Waals surface area contributed by atoms with Crippen molar-refractivity contribution in [2.24, 2.45) is 0 Å². The predicted octanol–water partition coefficient (Wildman–Crippen LogP) is 4.50. The molecule has 0 unspecified atom stereocenters. The fourth-order valence-corrected chi connectivity index (χ4v) is 3.34. The van der Waals surface area contributed by atoms with E-state index in [4.69, 9.17) is 0 Å². The fourth-order valence-electron chi connectivity index (χ4n) is 1.66. The lowest BCUT2D eigenvalue weighted by Gasteiger charge is -2.04. The largest absolute Gasteiger partial charge is 0.289 e. The van der Waals surface area contributed by atoms with Crippen LogP contribution in [-0.2, 0) is 0 Å². The van der Waals surface area contributed by atoms with E-state index in [0.717, 1.165) is 14.2 Å². The zero-order valence-corrected chi connectivity index (χ0v) is 11.8. The van der Waals surface area contributed by atoms with Gasteiger partial charge in [-0.15, -0.1) is 11.3 Å². The van der Waals surface area contributed by atoms with Crippen molar-refractivity contribution in [1.82, 2.24) is 0 Å². The molecule has 17 heavy (non-hydrogen) atoms. The summed E-state index contributed by atoms with van der Waals surface area (Å²) in [6, 6.07) is 6.07. The number of benzene rings is 1. The minimum Gasteiger partial charge on any atom is -0.289 e. The van der Waals surface area contributed by atoms with Gasteiger partial charge in [0, 0.05) is 16.0 Å². The first kappa shape index (κ1) is 12.5. The van der Waals surface area contributed by atoms with Crippen LogP contribution in [0.25, 0.3) is 0 Å². The van der Waals surface area contributed by atoms with E-state index in [-0.39, 0.29) is 11.6 Å². The van der Waals surface area contributed by atoms with Crippen molar-refractivity contribution in [3.63, 3.8) is 0 Å². The third kappa shape index (κ3) is 2.48. The molecule has 2 rings (SSSR count). The van der Waals surface area contributed by atoms with Crippen LogP contribution in [0.4, 0.5) is 4.39 Å². The second-order valence-electron chi connectivity index (χ2n) is 3.81. The quantitative estimate of drug-likeness (QED) is 0.746. The number of hydrogen-bond donors (Lipinski definition) is 0. The smallest absolute Gasteiger partial charge is 0.194 e.